The fourth-order valence-corrected chi connectivity index (χ4v) is 6.29. The number of hydrogen-bond donors (Lipinski definition) is 4. The Morgan fingerprint density at radius 2 is 1.93 bits per heavy atom. The number of piperidine rings is 2. The summed E-state index contributed by atoms with van der Waals surface area (Å²) in [7, 11) is 0. The van der Waals surface area contributed by atoms with Crippen molar-refractivity contribution in [3.05, 3.63) is 84.9 Å². The number of allylic oxidation sites excluding steroid dienone is 5. The first-order chi connectivity index (χ1) is 20.1. The minimum Gasteiger partial charge on any atom is -0.371 e. The van der Waals surface area contributed by atoms with Crippen molar-refractivity contribution in [2.24, 2.45) is 5.92 Å². The van der Waals surface area contributed by atoms with Gasteiger partial charge in [0.25, 0.3) is 0 Å². The van der Waals surface area contributed by atoms with Crippen LogP contribution in [0, 0.1) is 5.92 Å². The lowest BCUT2D eigenvalue weighted by Crippen LogP contribution is -2.29. The highest BCUT2D eigenvalue weighted by Crippen LogP contribution is 2.34. The number of aromatic nitrogens is 4. The summed E-state index contributed by atoms with van der Waals surface area (Å²) >= 11 is 0. The molecule has 6 rings (SSSR count). The van der Waals surface area contributed by atoms with Crippen LogP contribution in [-0.2, 0) is 0 Å². The monoisotopic (exact) mass is 547 g/mol. The second-order valence-electron chi connectivity index (χ2n) is 11.3. The number of fused-ring (bicyclic) bond motifs is 2. The van der Waals surface area contributed by atoms with E-state index in [1.54, 1.807) is 0 Å². The molecule has 2 aliphatic heterocycles. The fourth-order valence-electron chi connectivity index (χ4n) is 6.29. The van der Waals surface area contributed by atoms with Crippen LogP contribution >= 0.6 is 0 Å². The number of H-pyrrole nitrogens is 2. The molecular weight excluding hydrogens is 506 g/mol. The number of nitrogens with one attached hydrogen (secondary N) is 4. The average Bonchev–Trinajstić information content (AvgIpc) is 3.64. The fraction of sp³-hybridized carbons (Fsp3) is 0.353. The Hall–Kier alpha value is -4.10. The zero-order chi connectivity index (χ0) is 28.2. The van der Waals surface area contributed by atoms with Crippen molar-refractivity contribution in [3.8, 4) is 11.4 Å². The van der Waals surface area contributed by atoms with E-state index in [1.807, 2.05) is 12.3 Å². The smallest absolute Gasteiger partial charge is 0.139 e. The maximum Gasteiger partial charge on any atom is 0.139 e. The molecule has 1 aromatic carbocycles. The van der Waals surface area contributed by atoms with E-state index in [0.717, 1.165) is 88.5 Å². The van der Waals surface area contributed by atoms with E-state index >= 15 is 0 Å². The molecule has 2 fully saturated rings. The summed E-state index contributed by atoms with van der Waals surface area (Å²) in [6.45, 7) is 14.8. The number of pyridine rings is 1. The highest BCUT2D eigenvalue weighted by molar-refractivity contribution is 5.99. The molecule has 0 radical (unpaired) electrons. The van der Waals surface area contributed by atoms with Crippen LogP contribution in [0.3, 0.4) is 0 Å². The Labute approximate surface area is 242 Å². The molecule has 0 bridgehead atoms. The molecule has 0 saturated carbocycles. The van der Waals surface area contributed by atoms with Gasteiger partial charge >= 0.3 is 0 Å². The van der Waals surface area contributed by atoms with Gasteiger partial charge in [-0.2, -0.15) is 5.10 Å². The lowest BCUT2D eigenvalue weighted by molar-refractivity contribution is 0.368. The summed E-state index contributed by atoms with van der Waals surface area (Å²) in [5, 5.41) is 17.1. The summed E-state index contributed by atoms with van der Waals surface area (Å²) in [5.41, 5.74) is 9.27. The van der Waals surface area contributed by atoms with Crippen LogP contribution in [0.1, 0.15) is 51.0 Å². The number of anilines is 1. The van der Waals surface area contributed by atoms with E-state index in [1.165, 1.54) is 37.8 Å². The molecule has 5 heterocycles. The third-order valence-electron chi connectivity index (χ3n) is 8.51. The Morgan fingerprint density at radius 1 is 1.10 bits per heavy atom. The molecule has 0 aliphatic carbocycles. The van der Waals surface area contributed by atoms with Crippen LogP contribution in [0.4, 0.5) is 5.69 Å². The third kappa shape index (κ3) is 5.86. The van der Waals surface area contributed by atoms with E-state index in [0.29, 0.717) is 5.92 Å². The van der Waals surface area contributed by atoms with Crippen LogP contribution in [0.2, 0.25) is 0 Å². The Kier molecular flexibility index (Phi) is 8.05. The molecule has 0 amide bonds. The van der Waals surface area contributed by atoms with Crippen molar-refractivity contribution in [2.45, 2.75) is 45.4 Å². The summed E-state index contributed by atoms with van der Waals surface area (Å²) < 4.78 is 0. The minimum absolute atomic E-state index is 0.682. The molecule has 212 valence electrons. The average molecular weight is 548 g/mol. The molecule has 41 heavy (non-hydrogen) atoms. The minimum atomic E-state index is 0.682. The predicted octanol–water partition coefficient (Wildman–Crippen LogP) is 7.06. The zero-order valence-electron chi connectivity index (χ0n) is 24.1. The van der Waals surface area contributed by atoms with Gasteiger partial charge in [0.05, 0.1) is 11.2 Å². The van der Waals surface area contributed by atoms with Gasteiger partial charge in [-0.3, -0.25) is 5.10 Å². The number of aromatic amines is 2. The van der Waals surface area contributed by atoms with Gasteiger partial charge in [-0.15, -0.1) is 0 Å². The topological polar surface area (TPSA) is 84.7 Å². The summed E-state index contributed by atoms with van der Waals surface area (Å²) in [6, 6.07) is 10.8. The van der Waals surface area contributed by atoms with E-state index in [4.69, 9.17) is 5.10 Å². The van der Waals surface area contributed by atoms with Crippen LogP contribution in [0.15, 0.2) is 79.3 Å². The first-order valence-electron chi connectivity index (χ1n) is 15.0. The molecule has 2 aliphatic rings. The Morgan fingerprint density at radius 3 is 2.71 bits per heavy atom. The maximum atomic E-state index is 4.72. The van der Waals surface area contributed by atoms with E-state index in [9.17, 15) is 0 Å². The first-order valence-corrected chi connectivity index (χ1v) is 15.0. The molecule has 2 saturated heterocycles. The lowest BCUT2D eigenvalue weighted by atomic mass is 9.93. The van der Waals surface area contributed by atoms with Gasteiger partial charge in [-0.25, -0.2) is 4.98 Å². The molecule has 0 unspecified atom stereocenters. The predicted molar refractivity (Wildman–Crippen MR) is 172 cm³/mol. The van der Waals surface area contributed by atoms with Crippen molar-refractivity contribution in [1.29, 1.82) is 0 Å². The van der Waals surface area contributed by atoms with Crippen LogP contribution in [-0.4, -0.2) is 46.3 Å². The normalized spacial score (nSPS) is 17.3. The zero-order valence-corrected chi connectivity index (χ0v) is 24.1. The van der Waals surface area contributed by atoms with Crippen LogP contribution in [0.5, 0.6) is 0 Å². The van der Waals surface area contributed by atoms with E-state index in [2.05, 4.69) is 93.2 Å². The molecule has 4 N–H and O–H groups in total. The van der Waals surface area contributed by atoms with E-state index in [-0.39, 0.29) is 0 Å². The van der Waals surface area contributed by atoms with Gasteiger partial charge in [0.15, 0.2) is 0 Å². The van der Waals surface area contributed by atoms with Crippen molar-refractivity contribution in [1.82, 2.24) is 30.8 Å². The summed E-state index contributed by atoms with van der Waals surface area (Å²) in [6.07, 6.45) is 15.3. The molecule has 7 nitrogen and oxygen atoms in total. The summed E-state index contributed by atoms with van der Waals surface area (Å²) in [5.74, 6) is 0.682. The van der Waals surface area contributed by atoms with Crippen molar-refractivity contribution >= 4 is 33.2 Å². The molecule has 0 spiro atoms. The standard InChI is InChI=1S/C34H41N7/c1-4-25(20-27(5-2)37-23(3)19-24-11-14-35-15-12-24)26-9-10-30-28(21-26)33(40-39-30)31-22-29-32(13-16-36-34(29)38-31)41-17-7-6-8-18-41/h4-5,9-10,13,16,20-22,24,35,37H,2-3,6-8,11-12,14-15,17-19H2,1H3,(H,36,38)(H,39,40)/b25-4+,27-20+. The molecule has 0 atom stereocenters. The largest absolute Gasteiger partial charge is 0.371 e. The third-order valence-corrected chi connectivity index (χ3v) is 8.51. The lowest BCUT2D eigenvalue weighted by Gasteiger charge is -2.29. The molecular formula is C34H41N7. The van der Waals surface area contributed by atoms with Crippen molar-refractivity contribution in [2.75, 3.05) is 31.1 Å². The highest BCUT2D eigenvalue weighted by Gasteiger charge is 2.18. The molecule has 3 aromatic heterocycles. The second-order valence-corrected chi connectivity index (χ2v) is 11.3. The quantitative estimate of drug-likeness (QED) is 0.169. The van der Waals surface area contributed by atoms with Crippen LogP contribution in [0.25, 0.3) is 38.9 Å². The Balaban J connectivity index is 1.27. The van der Waals surface area contributed by atoms with Gasteiger partial charge in [-0.1, -0.05) is 25.3 Å². The maximum absolute atomic E-state index is 4.72. The number of rotatable bonds is 9. The number of hydrogen-bond acceptors (Lipinski definition) is 5. The van der Waals surface area contributed by atoms with E-state index < -0.39 is 0 Å². The highest BCUT2D eigenvalue weighted by atomic mass is 15.1. The second kappa shape index (κ2) is 12.2. The van der Waals surface area contributed by atoms with Crippen molar-refractivity contribution < 1.29 is 0 Å². The van der Waals surface area contributed by atoms with Crippen LogP contribution < -0.4 is 15.5 Å². The first kappa shape index (κ1) is 27.1. The van der Waals surface area contributed by atoms with Gasteiger partial charge in [0.1, 0.15) is 11.3 Å². The molecule has 4 aromatic rings. The molecule has 7 heteroatoms. The number of benzene rings is 1. The van der Waals surface area contributed by atoms with Gasteiger partial charge < -0.3 is 20.5 Å². The van der Waals surface area contributed by atoms with Gasteiger partial charge in [0.2, 0.25) is 0 Å². The number of nitrogens with zero attached hydrogens (tertiary/aromatic N) is 3. The Bertz CT molecular complexity index is 1610. The van der Waals surface area contributed by atoms with Gasteiger partial charge in [0, 0.05) is 47.1 Å². The summed E-state index contributed by atoms with van der Waals surface area (Å²) in [4.78, 5) is 10.7. The van der Waals surface area contributed by atoms with Crippen molar-refractivity contribution in [3.63, 3.8) is 0 Å². The SMILES string of the molecule is C=C/C(=C\C(=C/C)c1ccc2[nH]nc(-c3cc4c(N5CCCCC5)ccnc4[nH]3)c2c1)NC(=C)CC1CCNCC1. The van der Waals surface area contributed by atoms with Gasteiger partial charge in [-0.05, 0) is 112 Å².